The zero-order valence-corrected chi connectivity index (χ0v) is 11.2. The molecule has 1 aromatic rings. The first-order chi connectivity index (χ1) is 7.50. The predicted octanol–water partition coefficient (Wildman–Crippen LogP) is 3.29. The molecule has 0 aromatic heterocycles. The van der Waals surface area contributed by atoms with Crippen molar-refractivity contribution in [2.45, 2.75) is 26.7 Å². The van der Waals surface area contributed by atoms with E-state index in [1.807, 2.05) is 25.1 Å². The molecule has 0 saturated heterocycles. The third-order valence-electron chi connectivity index (χ3n) is 3.15. The third-order valence-corrected chi connectivity index (χ3v) is 3.84. The first-order valence-corrected chi connectivity index (χ1v) is 6.34. The second kappa shape index (κ2) is 4.21. The topological polar surface area (TPSA) is 29.1 Å². The summed E-state index contributed by atoms with van der Waals surface area (Å²) in [5, 5.41) is 3.00. The fraction of sp³-hybridized carbons (Fsp3) is 0.462. The quantitative estimate of drug-likeness (QED) is 0.905. The van der Waals surface area contributed by atoms with Crippen molar-refractivity contribution in [1.29, 1.82) is 0 Å². The van der Waals surface area contributed by atoms with E-state index >= 15 is 0 Å². The molecule has 86 valence electrons. The molecule has 0 radical (unpaired) electrons. The van der Waals surface area contributed by atoms with Crippen LogP contribution in [0.4, 0.5) is 0 Å². The maximum absolute atomic E-state index is 12.0. The van der Waals surface area contributed by atoms with Crippen LogP contribution in [0.5, 0.6) is 0 Å². The Morgan fingerprint density at radius 3 is 2.81 bits per heavy atom. The van der Waals surface area contributed by atoms with Crippen molar-refractivity contribution in [2.24, 2.45) is 5.41 Å². The summed E-state index contributed by atoms with van der Waals surface area (Å²) in [6.45, 7) is 4.98. The summed E-state index contributed by atoms with van der Waals surface area (Å²) in [4.78, 5) is 12.0. The van der Waals surface area contributed by atoms with Crippen molar-refractivity contribution in [3.05, 3.63) is 33.8 Å². The second-order valence-corrected chi connectivity index (χ2v) is 5.83. The predicted molar refractivity (Wildman–Crippen MR) is 68.6 cm³/mol. The van der Waals surface area contributed by atoms with Gasteiger partial charge >= 0.3 is 0 Å². The van der Waals surface area contributed by atoms with E-state index < -0.39 is 0 Å². The van der Waals surface area contributed by atoms with Crippen LogP contribution in [0.25, 0.3) is 0 Å². The van der Waals surface area contributed by atoms with E-state index in [0.29, 0.717) is 5.41 Å². The van der Waals surface area contributed by atoms with Crippen LogP contribution in [-0.4, -0.2) is 12.5 Å². The van der Waals surface area contributed by atoms with Gasteiger partial charge in [-0.05, 0) is 53.2 Å². The Labute approximate surface area is 105 Å². The summed E-state index contributed by atoms with van der Waals surface area (Å²) in [6, 6.07) is 5.82. The Kier molecular flexibility index (Phi) is 3.06. The highest BCUT2D eigenvalue weighted by molar-refractivity contribution is 9.10. The molecule has 0 bridgehead atoms. The van der Waals surface area contributed by atoms with Gasteiger partial charge in [0, 0.05) is 11.0 Å². The smallest absolute Gasteiger partial charge is 0.252 e. The Morgan fingerprint density at radius 1 is 1.50 bits per heavy atom. The Morgan fingerprint density at radius 2 is 2.19 bits per heavy atom. The van der Waals surface area contributed by atoms with E-state index in [0.717, 1.165) is 22.1 Å². The summed E-state index contributed by atoms with van der Waals surface area (Å²) in [5.74, 6) is 0.0173. The molecule has 1 aliphatic carbocycles. The second-order valence-electron chi connectivity index (χ2n) is 4.98. The minimum absolute atomic E-state index is 0.0173. The molecule has 0 heterocycles. The van der Waals surface area contributed by atoms with E-state index in [-0.39, 0.29) is 5.91 Å². The molecule has 0 atom stereocenters. The lowest BCUT2D eigenvalue weighted by Crippen LogP contribution is -2.29. The van der Waals surface area contributed by atoms with Gasteiger partial charge in [0.1, 0.15) is 0 Å². The van der Waals surface area contributed by atoms with Crippen LogP contribution in [0.1, 0.15) is 35.7 Å². The molecular weight excluding hydrogens is 266 g/mol. The van der Waals surface area contributed by atoms with Gasteiger partial charge in [0.05, 0.1) is 5.56 Å². The summed E-state index contributed by atoms with van der Waals surface area (Å²) >= 11 is 3.41. The SMILES string of the molecule is Cc1ccc(Br)c(C(=O)NCC2(C)CC2)c1. The number of hydrogen-bond acceptors (Lipinski definition) is 1. The number of nitrogens with one attached hydrogen (secondary N) is 1. The van der Waals surface area contributed by atoms with Gasteiger partial charge in [-0.15, -0.1) is 0 Å². The molecule has 2 rings (SSSR count). The lowest BCUT2D eigenvalue weighted by molar-refractivity contribution is 0.0945. The van der Waals surface area contributed by atoms with Crippen LogP contribution in [0.3, 0.4) is 0 Å². The van der Waals surface area contributed by atoms with Crippen molar-refractivity contribution in [2.75, 3.05) is 6.54 Å². The average molecular weight is 282 g/mol. The van der Waals surface area contributed by atoms with Crippen molar-refractivity contribution in [3.8, 4) is 0 Å². The van der Waals surface area contributed by atoms with Gasteiger partial charge in [-0.2, -0.15) is 0 Å². The fourth-order valence-electron chi connectivity index (χ4n) is 1.59. The Bertz CT molecular complexity index is 424. The summed E-state index contributed by atoms with van der Waals surface area (Å²) in [7, 11) is 0. The highest BCUT2D eigenvalue weighted by atomic mass is 79.9. The minimum Gasteiger partial charge on any atom is -0.351 e. The van der Waals surface area contributed by atoms with Crippen molar-refractivity contribution in [3.63, 3.8) is 0 Å². The van der Waals surface area contributed by atoms with Crippen molar-refractivity contribution in [1.82, 2.24) is 5.32 Å². The van der Waals surface area contributed by atoms with Crippen LogP contribution in [0, 0.1) is 12.3 Å². The number of carbonyl (C=O) groups is 1. The van der Waals surface area contributed by atoms with Gasteiger partial charge < -0.3 is 5.32 Å². The van der Waals surface area contributed by atoms with Crippen molar-refractivity contribution >= 4 is 21.8 Å². The standard InChI is InChI=1S/C13H16BrNO/c1-9-3-4-11(14)10(7-9)12(16)15-8-13(2)5-6-13/h3-4,7H,5-6,8H2,1-2H3,(H,15,16). The minimum atomic E-state index is 0.0173. The number of rotatable bonds is 3. The first-order valence-electron chi connectivity index (χ1n) is 5.55. The molecule has 1 N–H and O–H groups in total. The fourth-order valence-corrected chi connectivity index (χ4v) is 2.02. The average Bonchev–Trinajstić information content (AvgIpc) is 2.97. The van der Waals surface area contributed by atoms with Gasteiger partial charge in [-0.3, -0.25) is 4.79 Å². The molecule has 1 amide bonds. The zero-order chi connectivity index (χ0) is 11.8. The number of benzene rings is 1. The summed E-state index contributed by atoms with van der Waals surface area (Å²) in [6.07, 6.45) is 2.45. The van der Waals surface area contributed by atoms with E-state index in [9.17, 15) is 4.79 Å². The monoisotopic (exact) mass is 281 g/mol. The molecule has 1 fully saturated rings. The third kappa shape index (κ3) is 2.64. The largest absolute Gasteiger partial charge is 0.351 e. The molecule has 16 heavy (non-hydrogen) atoms. The molecule has 0 aliphatic heterocycles. The maximum Gasteiger partial charge on any atom is 0.252 e. The highest BCUT2D eigenvalue weighted by Gasteiger charge is 2.37. The van der Waals surface area contributed by atoms with Crippen LogP contribution in [0.15, 0.2) is 22.7 Å². The lowest BCUT2D eigenvalue weighted by atomic mass is 10.1. The van der Waals surface area contributed by atoms with Crippen LogP contribution in [-0.2, 0) is 0 Å². The Balaban J connectivity index is 2.05. The highest BCUT2D eigenvalue weighted by Crippen LogP contribution is 2.44. The van der Waals surface area contributed by atoms with Gasteiger partial charge in [0.25, 0.3) is 5.91 Å². The zero-order valence-electron chi connectivity index (χ0n) is 9.64. The summed E-state index contributed by atoms with van der Waals surface area (Å²) < 4.78 is 0.858. The van der Waals surface area contributed by atoms with E-state index in [1.165, 1.54) is 12.8 Å². The van der Waals surface area contributed by atoms with Gasteiger partial charge in [-0.1, -0.05) is 18.6 Å². The summed E-state index contributed by atoms with van der Waals surface area (Å²) in [5.41, 5.74) is 2.18. The van der Waals surface area contributed by atoms with E-state index in [1.54, 1.807) is 0 Å². The normalized spacial score (nSPS) is 16.9. The number of amides is 1. The van der Waals surface area contributed by atoms with E-state index in [4.69, 9.17) is 0 Å². The van der Waals surface area contributed by atoms with Crippen LogP contribution < -0.4 is 5.32 Å². The Hall–Kier alpha value is -0.830. The molecule has 1 aliphatic rings. The number of hydrogen-bond donors (Lipinski definition) is 1. The number of aryl methyl sites for hydroxylation is 1. The van der Waals surface area contributed by atoms with E-state index in [2.05, 4.69) is 28.2 Å². The molecule has 3 heteroatoms. The molecule has 2 nitrogen and oxygen atoms in total. The van der Waals surface area contributed by atoms with Crippen LogP contribution in [0.2, 0.25) is 0 Å². The van der Waals surface area contributed by atoms with Gasteiger partial charge in [0.2, 0.25) is 0 Å². The molecule has 1 aromatic carbocycles. The first kappa shape index (κ1) is 11.6. The van der Waals surface area contributed by atoms with Gasteiger partial charge in [0.15, 0.2) is 0 Å². The molecular formula is C13H16BrNO. The number of carbonyl (C=O) groups excluding carboxylic acids is 1. The van der Waals surface area contributed by atoms with Crippen LogP contribution >= 0.6 is 15.9 Å². The molecule has 0 unspecified atom stereocenters. The lowest BCUT2D eigenvalue weighted by Gasteiger charge is -2.11. The van der Waals surface area contributed by atoms with Crippen molar-refractivity contribution < 1.29 is 4.79 Å². The van der Waals surface area contributed by atoms with Gasteiger partial charge in [-0.25, -0.2) is 0 Å². The molecule has 0 spiro atoms. The molecule has 1 saturated carbocycles. The maximum atomic E-state index is 12.0. The number of halogens is 1.